The van der Waals surface area contributed by atoms with Crippen LogP contribution in [-0.4, -0.2) is 35.4 Å². The zero-order chi connectivity index (χ0) is 22.1. The third-order valence-electron chi connectivity index (χ3n) is 4.60. The van der Waals surface area contributed by atoms with E-state index in [0.717, 1.165) is 16.3 Å². The highest BCUT2D eigenvalue weighted by molar-refractivity contribution is 7.71. The summed E-state index contributed by atoms with van der Waals surface area (Å²) in [6.45, 7) is 7.96. The van der Waals surface area contributed by atoms with Crippen LogP contribution in [-0.2, 0) is 6.54 Å². The van der Waals surface area contributed by atoms with Gasteiger partial charge in [0.15, 0.2) is 15.7 Å². The first-order valence-corrected chi connectivity index (χ1v) is 10.8. The van der Waals surface area contributed by atoms with E-state index < -0.39 is 0 Å². The van der Waals surface area contributed by atoms with Gasteiger partial charge in [0, 0.05) is 11.6 Å². The number of H-pyrrole nitrogens is 1. The van der Waals surface area contributed by atoms with E-state index >= 15 is 0 Å². The van der Waals surface area contributed by atoms with Crippen molar-refractivity contribution in [2.24, 2.45) is 0 Å². The fourth-order valence-electron chi connectivity index (χ4n) is 3.11. The maximum atomic E-state index is 12.9. The molecule has 158 valence electrons. The Morgan fingerprint density at radius 3 is 2.97 bits per heavy atom. The summed E-state index contributed by atoms with van der Waals surface area (Å²) in [4.78, 5) is 18.2. The predicted molar refractivity (Wildman–Crippen MR) is 125 cm³/mol. The van der Waals surface area contributed by atoms with Gasteiger partial charge in [-0.2, -0.15) is 10.2 Å². The van der Waals surface area contributed by atoms with Crippen molar-refractivity contribution in [3.63, 3.8) is 0 Å². The highest BCUT2D eigenvalue weighted by Gasteiger charge is 2.20. The standard InChI is InChI=1S/C20H18ClN7OS2/c1-4-8-27-17(25-26-20(27)30)16-11(2)23-19(31-16)24-18(29)15-10-22-28(12(15)3)14-7-5-6-13(21)9-14/h4-7,9-10H,1,8H2,2-3H3,(H,26,30)(H,23,24,29). The molecule has 2 N–H and O–H groups in total. The summed E-state index contributed by atoms with van der Waals surface area (Å²) in [6.07, 6.45) is 3.27. The molecule has 4 aromatic rings. The minimum absolute atomic E-state index is 0.295. The average molecular weight is 472 g/mol. The van der Waals surface area contributed by atoms with Crippen LogP contribution in [0.1, 0.15) is 21.7 Å². The van der Waals surface area contributed by atoms with E-state index in [2.05, 4.69) is 32.2 Å². The summed E-state index contributed by atoms with van der Waals surface area (Å²) in [5.74, 6) is 0.362. The molecule has 31 heavy (non-hydrogen) atoms. The molecule has 0 aliphatic carbocycles. The molecule has 0 aliphatic rings. The van der Waals surface area contributed by atoms with Crippen LogP contribution in [0.2, 0.25) is 5.02 Å². The maximum absolute atomic E-state index is 12.9. The first kappa shape index (κ1) is 21.2. The van der Waals surface area contributed by atoms with Crippen LogP contribution in [0.25, 0.3) is 16.4 Å². The van der Waals surface area contributed by atoms with Gasteiger partial charge in [0.2, 0.25) is 0 Å². The fraction of sp³-hybridized carbons (Fsp3) is 0.150. The third kappa shape index (κ3) is 4.09. The van der Waals surface area contributed by atoms with Crippen molar-refractivity contribution in [3.8, 4) is 16.4 Å². The number of nitrogens with one attached hydrogen (secondary N) is 2. The summed E-state index contributed by atoms with van der Waals surface area (Å²) >= 11 is 12.7. The van der Waals surface area contributed by atoms with E-state index in [4.69, 9.17) is 23.8 Å². The second kappa shape index (κ2) is 8.58. The van der Waals surface area contributed by atoms with E-state index in [-0.39, 0.29) is 5.91 Å². The predicted octanol–water partition coefficient (Wildman–Crippen LogP) is 4.96. The number of nitrogens with zero attached hydrogens (tertiary/aromatic N) is 5. The van der Waals surface area contributed by atoms with Gasteiger partial charge in [-0.05, 0) is 44.3 Å². The third-order valence-corrected chi connectivity index (χ3v) is 6.21. The van der Waals surface area contributed by atoms with Crippen molar-refractivity contribution >= 4 is 46.2 Å². The van der Waals surface area contributed by atoms with E-state index in [1.807, 2.05) is 30.5 Å². The fourth-order valence-corrected chi connectivity index (χ4v) is 4.46. The molecule has 0 saturated carbocycles. The molecule has 0 atom stereocenters. The van der Waals surface area contributed by atoms with Gasteiger partial charge in [0.25, 0.3) is 5.91 Å². The minimum atomic E-state index is -0.295. The number of rotatable bonds is 6. The van der Waals surface area contributed by atoms with Crippen LogP contribution in [0, 0.1) is 18.6 Å². The normalized spacial score (nSPS) is 10.9. The molecule has 0 saturated heterocycles. The molecular weight excluding hydrogens is 454 g/mol. The molecule has 0 fully saturated rings. The van der Waals surface area contributed by atoms with Crippen molar-refractivity contribution in [1.29, 1.82) is 0 Å². The Bertz CT molecular complexity index is 1350. The first-order chi connectivity index (χ1) is 14.9. The smallest absolute Gasteiger partial charge is 0.260 e. The van der Waals surface area contributed by atoms with E-state index in [1.165, 1.54) is 17.5 Å². The number of aryl methyl sites for hydroxylation is 1. The summed E-state index contributed by atoms with van der Waals surface area (Å²) in [5.41, 5.74) is 2.66. The number of hydrogen-bond donors (Lipinski definition) is 2. The Hall–Kier alpha value is -3.08. The number of aromatic nitrogens is 6. The Balaban J connectivity index is 1.60. The molecule has 0 unspecified atom stereocenters. The van der Waals surface area contributed by atoms with Crippen LogP contribution in [0.15, 0.2) is 43.1 Å². The Kier molecular flexibility index (Phi) is 5.86. The largest absolute Gasteiger partial charge is 0.298 e. The number of benzene rings is 1. The van der Waals surface area contributed by atoms with Crippen molar-refractivity contribution in [2.45, 2.75) is 20.4 Å². The number of hydrogen-bond acceptors (Lipinski definition) is 6. The van der Waals surface area contributed by atoms with Gasteiger partial charge >= 0.3 is 0 Å². The van der Waals surface area contributed by atoms with Crippen LogP contribution in [0.3, 0.4) is 0 Å². The highest BCUT2D eigenvalue weighted by Crippen LogP contribution is 2.32. The maximum Gasteiger partial charge on any atom is 0.260 e. The minimum Gasteiger partial charge on any atom is -0.298 e. The zero-order valence-corrected chi connectivity index (χ0v) is 19.1. The molecule has 3 heterocycles. The lowest BCUT2D eigenvalue weighted by Gasteiger charge is -2.06. The van der Waals surface area contributed by atoms with Crippen molar-refractivity contribution in [2.75, 3.05) is 5.32 Å². The molecule has 8 nitrogen and oxygen atoms in total. The molecule has 3 aromatic heterocycles. The number of carbonyl (C=O) groups is 1. The van der Waals surface area contributed by atoms with Crippen molar-refractivity contribution in [1.82, 2.24) is 29.5 Å². The lowest BCUT2D eigenvalue weighted by atomic mass is 10.2. The number of amides is 1. The SMILES string of the molecule is C=CCn1c(-c2sc(NC(=O)c3cnn(-c4cccc(Cl)c4)c3C)nc2C)n[nH]c1=S. The van der Waals surface area contributed by atoms with Gasteiger partial charge < -0.3 is 0 Å². The van der Waals surface area contributed by atoms with Crippen LogP contribution in [0.5, 0.6) is 0 Å². The molecule has 11 heteroatoms. The number of aromatic amines is 1. The monoisotopic (exact) mass is 471 g/mol. The van der Waals surface area contributed by atoms with Gasteiger partial charge in [0.1, 0.15) is 0 Å². The van der Waals surface area contributed by atoms with Crippen LogP contribution < -0.4 is 5.32 Å². The summed E-state index contributed by atoms with van der Waals surface area (Å²) in [5, 5.41) is 15.4. The van der Waals surface area contributed by atoms with Gasteiger partial charge in [-0.3, -0.25) is 19.8 Å². The molecule has 1 aromatic carbocycles. The lowest BCUT2D eigenvalue weighted by molar-refractivity contribution is 0.102. The molecule has 0 spiro atoms. The number of thiazole rings is 1. The van der Waals surface area contributed by atoms with E-state index in [1.54, 1.807) is 22.9 Å². The highest BCUT2D eigenvalue weighted by atomic mass is 35.5. The number of allylic oxidation sites excluding steroid dienone is 1. The second-order valence-electron chi connectivity index (χ2n) is 6.67. The Morgan fingerprint density at radius 2 is 2.23 bits per heavy atom. The topological polar surface area (TPSA) is 93.4 Å². The average Bonchev–Trinajstić information content (AvgIpc) is 3.40. The molecule has 1 amide bonds. The molecule has 0 radical (unpaired) electrons. The number of anilines is 1. The van der Waals surface area contributed by atoms with E-state index in [0.29, 0.717) is 38.6 Å². The first-order valence-electron chi connectivity index (χ1n) is 9.25. The molecule has 0 bridgehead atoms. The van der Waals surface area contributed by atoms with Crippen molar-refractivity contribution < 1.29 is 4.79 Å². The van der Waals surface area contributed by atoms with Crippen molar-refractivity contribution in [3.05, 3.63) is 69.9 Å². The molecule has 4 rings (SSSR count). The summed E-state index contributed by atoms with van der Waals surface area (Å²) < 4.78 is 4.00. The lowest BCUT2D eigenvalue weighted by Crippen LogP contribution is -2.13. The van der Waals surface area contributed by atoms with Gasteiger partial charge in [-0.25, -0.2) is 9.67 Å². The summed E-state index contributed by atoms with van der Waals surface area (Å²) in [7, 11) is 0. The van der Waals surface area contributed by atoms with Gasteiger partial charge in [-0.15, -0.1) is 6.58 Å². The summed E-state index contributed by atoms with van der Waals surface area (Å²) in [6, 6.07) is 7.28. The van der Waals surface area contributed by atoms with Gasteiger partial charge in [0.05, 0.1) is 33.7 Å². The zero-order valence-electron chi connectivity index (χ0n) is 16.7. The quantitative estimate of drug-likeness (QED) is 0.306. The second-order valence-corrected chi connectivity index (χ2v) is 8.50. The van der Waals surface area contributed by atoms with Crippen LogP contribution in [0.4, 0.5) is 5.13 Å². The van der Waals surface area contributed by atoms with Gasteiger partial charge in [-0.1, -0.05) is 35.1 Å². The number of carbonyl (C=O) groups excluding carboxylic acids is 1. The molecule has 0 aliphatic heterocycles. The number of halogens is 1. The molecular formula is C20H18ClN7OS2. The van der Waals surface area contributed by atoms with Crippen LogP contribution >= 0.6 is 35.2 Å². The Morgan fingerprint density at radius 1 is 1.42 bits per heavy atom. The van der Waals surface area contributed by atoms with E-state index in [9.17, 15) is 4.79 Å². The Labute approximate surface area is 192 Å².